The average Bonchev–Trinajstić information content (AvgIpc) is 3.50. The summed E-state index contributed by atoms with van der Waals surface area (Å²) in [4.78, 5) is 27.8. The largest absolute Gasteiger partial charge is 0.456 e. The van der Waals surface area contributed by atoms with Gasteiger partial charge in [0.05, 0.1) is 6.07 Å². The molecule has 1 unspecified atom stereocenters. The van der Waals surface area contributed by atoms with E-state index in [-0.39, 0.29) is 17.9 Å². The second kappa shape index (κ2) is 8.35. The molecule has 4 atom stereocenters. The third-order valence-corrected chi connectivity index (χ3v) is 6.81. The molecule has 0 spiro atoms. The Bertz CT molecular complexity index is 1300. The summed E-state index contributed by atoms with van der Waals surface area (Å²) in [6.45, 7) is 5.46. The number of nitrogens with one attached hydrogen (secondary N) is 1. The van der Waals surface area contributed by atoms with Crippen molar-refractivity contribution >= 4 is 33.9 Å². The summed E-state index contributed by atoms with van der Waals surface area (Å²) in [5.74, 6) is -0.176. The van der Waals surface area contributed by atoms with Crippen LogP contribution < -0.4 is 5.32 Å². The number of rotatable bonds is 4. The summed E-state index contributed by atoms with van der Waals surface area (Å²) < 4.78 is 11.5. The molecule has 1 N–H and O–H groups in total. The maximum atomic E-state index is 13.3. The number of carbonyl (C=O) groups is 2. The van der Waals surface area contributed by atoms with Crippen LogP contribution in [0.4, 0.5) is 4.79 Å². The number of amides is 2. The second-order valence-corrected chi connectivity index (χ2v) is 10.4. The number of nitrogens with zero attached hydrogens (tertiary/aromatic N) is 2. The number of piperidine rings is 1. The molecular formula is C27H29N3O4. The van der Waals surface area contributed by atoms with Gasteiger partial charge >= 0.3 is 6.09 Å². The normalized spacial score (nSPS) is 22.6. The van der Waals surface area contributed by atoms with Gasteiger partial charge in [0.2, 0.25) is 5.91 Å². The lowest BCUT2D eigenvalue weighted by molar-refractivity contribution is -0.128. The van der Waals surface area contributed by atoms with Crippen molar-refractivity contribution in [2.75, 3.05) is 0 Å². The summed E-state index contributed by atoms with van der Waals surface area (Å²) in [6, 6.07) is 14.6. The van der Waals surface area contributed by atoms with Gasteiger partial charge in [-0.25, -0.2) is 4.79 Å². The number of para-hydroxylation sites is 1. The minimum atomic E-state index is -0.706. The number of nitriles is 1. The predicted octanol–water partition coefficient (Wildman–Crippen LogP) is 4.92. The number of carbonyl (C=O) groups excluding carboxylic acids is 2. The van der Waals surface area contributed by atoms with Crippen molar-refractivity contribution in [2.45, 2.75) is 70.2 Å². The Hall–Kier alpha value is -3.53. The number of benzene rings is 2. The number of ether oxygens (including phenoxy) is 1. The van der Waals surface area contributed by atoms with E-state index in [9.17, 15) is 14.9 Å². The molecule has 34 heavy (non-hydrogen) atoms. The van der Waals surface area contributed by atoms with Crippen LogP contribution in [-0.2, 0) is 16.0 Å². The van der Waals surface area contributed by atoms with Gasteiger partial charge in [-0.05, 0) is 69.7 Å². The SMILES string of the molecule is CC(C)(C)OC(=O)N1[C@@H]2CC[C@@H](C2)[C@H]1C(=O)NC(C#N)Cc1ccc2oc3ccccc3c2c1. The molecule has 2 bridgehead atoms. The van der Waals surface area contributed by atoms with Crippen LogP contribution in [0.5, 0.6) is 0 Å². The van der Waals surface area contributed by atoms with Gasteiger partial charge < -0.3 is 14.5 Å². The topological polar surface area (TPSA) is 95.6 Å². The minimum absolute atomic E-state index is 0.0212. The molecule has 1 aliphatic heterocycles. The van der Waals surface area contributed by atoms with E-state index in [2.05, 4.69) is 11.4 Å². The number of fused-ring (bicyclic) bond motifs is 5. The van der Waals surface area contributed by atoms with E-state index in [4.69, 9.17) is 9.15 Å². The molecule has 1 aromatic heterocycles. The van der Waals surface area contributed by atoms with Gasteiger partial charge in [0.25, 0.3) is 0 Å². The van der Waals surface area contributed by atoms with Crippen molar-refractivity contribution in [3.05, 3.63) is 48.0 Å². The summed E-state index contributed by atoms with van der Waals surface area (Å²) in [7, 11) is 0. The molecule has 2 fully saturated rings. The van der Waals surface area contributed by atoms with Crippen molar-refractivity contribution < 1.29 is 18.7 Å². The second-order valence-electron chi connectivity index (χ2n) is 10.4. The number of likely N-dealkylation sites (tertiary alicyclic amines) is 1. The standard InChI is InChI=1S/C27H29N3O4/c1-27(2,3)34-26(32)30-19-10-9-17(14-19)24(30)25(31)29-18(15-28)12-16-8-11-23-21(13-16)20-6-4-5-7-22(20)33-23/h4-8,11,13,17-19,24H,9-10,12,14H2,1-3H3,(H,29,31)/t17-,18?,19+,24-/m0/s1. The zero-order valence-corrected chi connectivity index (χ0v) is 19.7. The van der Waals surface area contributed by atoms with E-state index >= 15 is 0 Å². The maximum Gasteiger partial charge on any atom is 0.411 e. The zero-order valence-electron chi connectivity index (χ0n) is 19.7. The maximum absolute atomic E-state index is 13.3. The highest BCUT2D eigenvalue weighted by Gasteiger charge is 2.52. The Kier molecular flexibility index (Phi) is 5.47. The molecule has 1 aliphatic carbocycles. The first-order chi connectivity index (χ1) is 16.2. The van der Waals surface area contributed by atoms with Crippen LogP contribution in [0, 0.1) is 17.2 Å². The average molecular weight is 460 g/mol. The molecule has 1 saturated carbocycles. The quantitative estimate of drug-likeness (QED) is 0.597. The van der Waals surface area contributed by atoms with Gasteiger partial charge in [0, 0.05) is 23.2 Å². The molecule has 1 saturated heterocycles. The molecule has 7 heteroatoms. The highest BCUT2D eigenvalue weighted by molar-refractivity contribution is 6.05. The van der Waals surface area contributed by atoms with Crippen molar-refractivity contribution in [3.63, 3.8) is 0 Å². The van der Waals surface area contributed by atoms with Gasteiger partial charge in [-0.15, -0.1) is 0 Å². The fraction of sp³-hybridized carbons (Fsp3) is 0.444. The predicted molar refractivity (Wildman–Crippen MR) is 128 cm³/mol. The number of hydrogen-bond acceptors (Lipinski definition) is 5. The summed E-state index contributed by atoms with van der Waals surface area (Å²) in [6.07, 6.45) is 2.51. The molecule has 5 rings (SSSR count). The van der Waals surface area contributed by atoms with Crippen molar-refractivity contribution in [1.82, 2.24) is 10.2 Å². The Morgan fingerprint density at radius 3 is 2.71 bits per heavy atom. The van der Waals surface area contributed by atoms with Crippen LogP contribution in [0.3, 0.4) is 0 Å². The van der Waals surface area contributed by atoms with Gasteiger partial charge in [-0.2, -0.15) is 5.26 Å². The third-order valence-electron chi connectivity index (χ3n) is 6.81. The van der Waals surface area contributed by atoms with E-state index in [1.807, 2.05) is 63.2 Å². The van der Waals surface area contributed by atoms with E-state index in [1.165, 1.54) is 0 Å². The Balaban J connectivity index is 1.32. The molecule has 176 valence electrons. The van der Waals surface area contributed by atoms with Crippen molar-refractivity contribution in [3.8, 4) is 6.07 Å². The van der Waals surface area contributed by atoms with Crippen LogP contribution in [0.15, 0.2) is 46.9 Å². The van der Waals surface area contributed by atoms with E-state index in [0.717, 1.165) is 46.8 Å². The van der Waals surface area contributed by atoms with Crippen molar-refractivity contribution in [1.29, 1.82) is 5.26 Å². The Morgan fingerprint density at radius 1 is 1.18 bits per heavy atom. The van der Waals surface area contributed by atoms with Crippen LogP contribution in [0.25, 0.3) is 21.9 Å². The number of furan rings is 1. The molecule has 2 aromatic carbocycles. The van der Waals surface area contributed by atoms with Gasteiger partial charge in [-0.3, -0.25) is 9.69 Å². The fourth-order valence-electron chi connectivity index (χ4n) is 5.42. The van der Waals surface area contributed by atoms with Gasteiger partial charge in [-0.1, -0.05) is 24.3 Å². The Labute approximate surface area is 198 Å². The van der Waals surface area contributed by atoms with Crippen LogP contribution in [0.1, 0.15) is 45.6 Å². The summed E-state index contributed by atoms with van der Waals surface area (Å²) in [5, 5.41) is 14.7. The first kappa shape index (κ1) is 22.3. The lowest BCUT2D eigenvalue weighted by Crippen LogP contribution is -2.55. The molecular weight excluding hydrogens is 430 g/mol. The molecule has 2 aliphatic rings. The molecule has 3 aromatic rings. The van der Waals surface area contributed by atoms with E-state index < -0.39 is 23.8 Å². The molecule has 0 radical (unpaired) electrons. The zero-order chi connectivity index (χ0) is 24.0. The molecule has 2 heterocycles. The van der Waals surface area contributed by atoms with E-state index in [1.54, 1.807) is 4.90 Å². The minimum Gasteiger partial charge on any atom is -0.456 e. The summed E-state index contributed by atoms with van der Waals surface area (Å²) >= 11 is 0. The van der Waals surface area contributed by atoms with Gasteiger partial charge in [0.1, 0.15) is 28.9 Å². The van der Waals surface area contributed by atoms with Crippen LogP contribution >= 0.6 is 0 Å². The molecule has 7 nitrogen and oxygen atoms in total. The smallest absolute Gasteiger partial charge is 0.411 e. The monoisotopic (exact) mass is 459 g/mol. The first-order valence-corrected chi connectivity index (χ1v) is 11.8. The lowest BCUT2D eigenvalue weighted by Gasteiger charge is -2.35. The molecule has 2 amide bonds. The van der Waals surface area contributed by atoms with Gasteiger partial charge in [0.15, 0.2) is 0 Å². The highest BCUT2D eigenvalue weighted by atomic mass is 16.6. The highest BCUT2D eigenvalue weighted by Crippen LogP contribution is 2.43. The fourth-order valence-corrected chi connectivity index (χ4v) is 5.42. The lowest BCUT2D eigenvalue weighted by atomic mass is 9.97. The van der Waals surface area contributed by atoms with Crippen LogP contribution in [-0.4, -0.2) is 40.6 Å². The van der Waals surface area contributed by atoms with Crippen molar-refractivity contribution in [2.24, 2.45) is 5.92 Å². The number of hydrogen-bond donors (Lipinski definition) is 1. The van der Waals surface area contributed by atoms with Crippen LogP contribution in [0.2, 0.25) is 0 Å². The Morgan fingerprint density at radius 2 is 1.94 bits per heavy atom. The summed E-state index contributed by atoms with van der Waals surface area (Å²) in [5.41, 5.74) is 1.91. The van der Waals surface area contributed by atoms with E-state index in [0.29, 0.717) is 6.42 Å². The third kappa shape index (κ3) is 4.09. The first-order valence-electron chi connectivity index (χ1n) is 11.8.